The van der Waals surface area contributed by atoms with E-state index >= 15 is 0 Å². The van der Waals surface area contributed by atoms with Crippen molar-refractivity contribution in [3.63, 3.8) is 0 Å². The van der Waals surface area contributed by atoms with E-state index in [1.807, 2.05) is 31.2 Å². The zero-order valence-corrected chi connectivity index (χ0v) is 7.84. The molecule has 14 heavy (non-hydrogen) atoms. The van der Waals surface area contributed by atoms with Gasteiger partial charge in [-0.1, -0.05) is 12.1 Å². The average Bonchev–Trinajstić information content (AvgIpc) is 2.19. The summed E-state index contributed by atoms with van der Waals surface area (Å²) in [5.41, 5.74) is 0.833. The van der Waals surface area contributed by atoms with Crippen molar-refractivity contribution in [2.24, 2.45) is 0 Å². The zero-order chi connectivity index (χ0) is 9.97. The van der Waals surface area contributed by atoms with Crippen LogP contribution in [0.3, 0.4) is 0 Å². The molecule has 0 aliphatic rings. The SMILES string of the molecule is Cc1cccc(=O)n1-c1ccccn1. The predicted octanol–water partition coefficient (Wildman–Crippen LogP) is 1.54. The highest BCUT2D eigenvalue weighted by Crippen LogP contribution is 2.02. The molecule has 3 nitrogen and oxygen atoms in total. The van der Waals surface area contributed by atoms with Gasteiger partial charge in [0, 0.05) is 18.0 Å². The summed E-state index contributed by atoms with van der Waals surface area (Å²) in [6.07, 6.45) is 1.67. The fraction of sp³-hybridized carbons (Fsp3) is 0.0909. The van der Waals surface area contributed by atoms with E-state index < -0.39 is 0 Å². The second-order valence-corrected chi connectivity index (χ2v) is 3.03. The first-order valence-corrected chi connectivity index (χ1v) is 4.39. The maximum absolute atomic E-state index is 11.6. The molecule has 2 aromatic rings. The first-order valence-electron chi connectivity index (χ1n) is 4.39. The van der Waals surface area contributed by atoms with Crippen LogP contribution in [0, 0.1) is 6.92 Å². The normalized spacial score (nSPS) is 10.1. The van der Waals surface area contributed by atoms with E-state index in [1.54, 1.807) is 16.8 Å². The first kappa shape index (κ1) is 8.69. The molecule has 70 valence electrons. The fourth-order valence-electron chi connectivity index (χ4n) is 1.37. The van der Waals surface area contributed by atoms with Gasteiger partial charge in [0.2, 0.25) is 0 Å². The lowest BCUT2D eigenvalue weighted by atomic mass is 10.3. The number of hydrogen-bond acceptors (Lipinski definition) is 2. The second-order valence-electron chi connectivity index (χ2n) is 3.03. The molecular weight excluding hydrogens is 176 g/mol. The summed E-state index contributed by atoms with van der Waals surface area (Å²) in [6.45, 7) is 1.88. The van der Waals surface area contributed by atoms with E-state index in [0.717, 1.165) is 5.69 Å². The standard InChI is InChI=1S/C11H10N2O/c1-9-5-4-7-11(14)13(9)10-6-2-3-8-12-10/h2-8H,1H3. The minimum absolute atomic E-state index is 0.0521. The minimum atomic E-state index is -0.0521. The zero-order valence-electron chi connectivity index (χ0n) is 7.84. The fourth-order valence-corrected chi connectivity index (χ4v) is 1.37. The van der Waals surface area contributed by atoms with Gasteiger partial charge in [0.25, 0.3) is 5.56 Å². The molecule has 0 atom stereocenters. The number of hydrogen-bond donors (Lipinski definition) is 0. The highest BCUT2D eigenvalue weighted by atomic mass is 16.1. The summed E-state index contributed by atoms with van der Waals surface area (Å²) in [5.74, 6) is 0.663. The number of nitrogens with zero attached hydrogens (tertiary/aromatic N) is 2. The van der Waals surface area contributed by atoms with Crippen LogP contribution in [0.5, 0.6) is 0 Å². The smallest absolute Gasteiger partial charge is 0.256 e. The summed E-state index contributed by atoms with van der Waals surface area (Å²) in [5, 5.41) is 0. The lowest BCUT2D eigenvalue weighted by Crippen LogP contribution is -2.19. The van der Waals surface area contributed by atoms with Gasteiger partial charge in [-0.3, -0.25) is 9.36 Å². The molecule has 0 bridgehead atoms. The molecule has 0 amide bonds. The molecule has 2 aromatic heterocycles. The van der Waals surface area contributed by atoms with E-state index in [4.69, 9.17) is 0 Å². The van der Waals surface area contributed by atoms with Crippen LogP contribution in [0.1, 0.15) is 5.69 Å². The molecule has 0 spiro atoms. The van der Waals surface area contributed by atoms with Crippen LogP contribution in [-0.2, 0) is 0 Å². The Labute approximate surface area is 81.7 Å². The third-order valence-electron chi connectivity index (χ3n) is 2.03. The van der Waals surface area contributed by atoms with Gasteiger partial charge in [-0.05, 0) is 25.1 Å². The van der Waals surface area contributed by atoms with Gasteiger partial charge in [0.15, 0.2) is 0 Å². The Morgan fingerprint density at radius 2 is 2.00 bits per heavy atom. The van der Waals surface area contributed by atoms with Gasteiger partial charge >= 0.3 is 0 Å². The molecule has 0 radical (unpaired) electrons. The molecule has 0 aromatic carbocycles. The van der Waals surface area contributed by atoms with Gasteiger partial charge in [-0.25, -0.2) is 4.98 Å². The van der Waals surface area contributed by atoms with Gasteiger partial charge < -0.3 is 0 Å². The minimum Gasteiger partial charge on any atom is -0.269 e. The third-order valence-corrected chi connectivity index (χ3v) is 2.03. The molecule has 0 aliphatic carbocycles. The highest BCUT2D eigenvalue weighted by Gasteiger charge is 2.01. The van der Waals surface area contributed by atoms with Crippen molar-refractivity contribution in [3.8, 4) is 5.82 Å². The monoisotopic (exact) mass is 186 g/mol. The van der Waals surface area contributed by atoms with Crippen LogP contribution < -0.4 is 5.56 Å². The number of pyridine rings is 2. The van der Waals surface area contributed by atoms with Gasteiger partial charge in [-0.2, -0.15) is 0 Å². The Kier molecular flexibility index (Phi) is 2.14. The van der Waals surface area contributed by atoms with Crippen LogP contribution in [0.4, 0.5) is 0 Å². The molecule has 0 unspecified atom stereocenters. The summed E-state index contributed by atoms with van der Waals surface area (Å²) >= 11 is 0. The van der Waals surface area contributed by atoms with E-state index in [9.17, 15) is 4.79 Å². The summed E-state index contributed by atoms with van der Waals surface area (Å²) in [6, 6.07) is 10.7. The van der Waals surface area contributed by atoms with Crippen LogP contribution in [0.2, 0.25) is 0 Å². The van der Waals surface area contributed by atoms with E-state index in [0.29, 0.717) is 5.82 Å². The lowest BCUT2D eigenvalue weighted by molar-refractivity contribution is 0.896. The first-order chi connectivity index (χ1) is 6.79. The van der Waals surface area contributed by atoms with Crippen molar-refractivity contribution in [3.05, 3.63) is 58.6 Å². The molecule has 0 N–H and O–H groups in total. The van der Waals surface area contributed by atoms with Crippen molar-refractivity contribution in [2.75, 3.05) is 0 Å². The second kappa shape index (κ2) is 3.46. The van der Waals surface area contributed by atoms with Crippen LogP contribution in [-0.4, -0.2) is 9.55 Å². The van der Waals surface area contributed by atoms with E-state index in [2.05, 4.69) is 4.98 Å². The number of aryl methyl sites for hydroxylation is 1. The van der Waals surface area contributed by atoms with Gasteiger partial charge in [0.05, 0.1) is 0 Å². The van der Waals surface area contributed by atoms with Gasteiger partial charge in [-0.15, -0.1) is 0 Å². The molecule has 0 aliphatic heterocycles. The van der Waals surface area contributed by atoms with Crippen molar-refractivity contribution < 1.29 is 0 Å². The largest absolute Gasteiger partial charge is 0.269 e. The Morgan fingerprint density at radius 3 is 2.64 bits per heavy atom. The van der Waals surface area contributed by atoms with Crippen LogP contribution in [0.15, 0.2) is 47.4 Å². The van der Waals surface area contributed by atoms with Crippen molar-refractivity contribution in [2.45, 2.75) is 6.92 Å². The van der Waals surface area contributed by atoms with E-state index in [-0.39, 0.29) is 5.56 Å². The van der Waals surface area contributed by atoms with Crippen LogP contribution >= 0.6 is 0 Å². The Balaban J connectivity index is 2.69. The summed E-state index contributed by atoms with van der Waals surface area (Å²) in [4.78, 5) is 15.7. The predicted molar refractivity (Wildman–Crippen MR) is 54.6 cm³/mol. The van der Waals surface area contributed by atoms with E-state index in [1.165, 1.54) is 6.07 Å². The van der Waals surface area contributed by atoms with Crippen molar-refractivity contribution in [1.29, 1.82) is 0 Å². The maximum atomic E-state index is 11.6. The Hall–Kier alpha value is -1.90. The Bertz CT molecular complexity index is 488. The summed E-state index contributed by atoms with van der Waals surface area (Å²) in [7, 11) is 0. The maximum Gasteiger partial charge on any atom is 0.256 e. The molecular formula is C11H10N2O. The Morgan fingerprint density at radius 1 is 1.14 bits per heavy atom. The van der Waals surface area contributed by atoms with Gasteiger partial charge in [0.1, 0.15) is 5.82 Å². The molecule has 0 fully saturated rings. The number of rotatable bonds is 1. The quantitative estimate of drug-likeness (QED) is 0.677. The molecule has 0 saturated carbocycles. The topological polar surface area (TPSA) is 34.9 Å². The van der Waals surface area contributed by atoms with Crippen molar-refractivity contribution >= 4 is 0 Å². The molecule has 2 heterocycles. The highest BCUT2D eigenvalue weighted by molar-refractivity contribution is 5.25. The third kappa shape index (κ3) is 1.44. The average molecular weight is 186 g/mol. The summed E-state index contributed by atoms with van der Waals surface area (Å²) < 4.78 is 1.58. The lowest BCUT2D eigenvalue weighted by Gasteiger charge is -2.06. The molecule has 0 saturated heterocycles. The van der Waals surface area contributed by atoms with Crippen LogP contribution in [0.25, 0.3) is 5.82 Å². The molecule has 3 heteroatoms. The number of aromatic nitrogens is 2. The van der Waals surface area contributed by atoms with Crippen molar-refractivity contribution in [1.82, 2.24) is 9.55 Å². The molecule has 2 rings (SSSR count).